The molecule has 0 N–H and O–H groups in total. The van der Waals surface area contributed by atoms with Crippen LogP contribution in [0, 0.1) is 5.82 Å². The summed E-state index contributed by atoms with van der Waals surface area (Å²) in [4.78, 5) is 6.77. The molecule has 1 aliphatic heterocycles. The Morgan fingerprint density at radius 3 is 3.08 bits per heavy atom. The summed E-state index contributed by atoms with van der Waals surface area (Å²) < 4.78 is 26.5. The van der Waals surface area contributed by atoms with Gasteiger partial charge in [0.25, 0.3) is 0 Å². The van der Waals surface area contributed by atoms with Crippen LogP contribution in [0.1, 0.15) is 5.69 Å². The van der Waals surface area contributed by atoms with E-state index >= 15 is 0 Å². The molecule has 4 rings (SSSR count). The Balaban J connectivity index is 1.38. The fraction of sp³-hybridized carbons (Fsp3) is 0.333. The molecule has 2 aromatic heterocycles. The molecular weight excluding hydrogens is 323 g/mol. The second-order valence-electron chi connectivity index (χ2n) is 6.11. The molecule has 1 aliphatic rings. The van der Waals surface area contributed by atoms with Gasteiger partial charge in [-0.15, -0.1) is 0 Å². The lowest BCUT2D eigenvalue weighted by Gasteiger charge is -2.32. The molecule has 130 valence electrons. The lowest BCUT2D eigenvalue weighted by atomic mass is 10.2. The van der Waals surface area contributed by atoms with Crippen molar-refractivity contribution in [2.75, 3.05) is 19.7 Å². The molecule has 0 amide bonds. The SMILES string of the molecule is Fc1cccc(-c2nc(CN3CCO[C@H](Cn4cccn4)C3)co2)c1. The van der Waals surface area contributed by atoms with Crippen LogP contribution in [-0.2, 0) is 17.8 Å². The van der Waals surface area contributed by atoms with E-state index in [2.05, 4.69) is 15.0 Å². The minimum Gasteiger partial charge on any atom is -0.444 e. The standard InChI is InChI=1S/C18H19FN4O2/c19-15-4-1-3-14(9-15)18-21-16(13-25-18)10-22-7-8-24-17(11-22)12-23-6-2-5-20-23/h1-6,9,13,17H,7-8,10-12H2/t17-/m0/s1. The number of aromatic nitrogens is 3. The summed E-state index contributed by atoms with van der Waals surface area (Å²) in [7, 11) is 0. The van der Waals surface area contributed by atoms with Crippen LogP contribution in [0.15, 0.2) is 53.4 Å². The lowest BCUT2D eigenvalue weighted by molar-refractivity contribution is -0.0405. The number of nitrogens with zero attached hydrogens (tertiary/aromatic N) is 4. The van der Waals surface area contributed by atoms with E-state index in [1.54, 1.807) is 24.6 Å². The monoisotopic (exact) mass is 342 g/mol. The van der Waals surface area contributed by atoms with Crippen molar-refractivity contribution in [3.63, 3.8) is 0 Å². The van der Waals surface area contributed by atoms with Crippen LogP contribution < -0.4 is 0 Å². The molecule has 3 heterocycles. The van der Waals surface area contributed by atoms with Crippen molar-refractivity contribution >= 4 is 0 Å². The Kier molecular flexibility index (Phi) is 4.58. The summed E-state index contributed by atoms with van der Waals surface area (Å²) in [5, 5.41) is 4.22. The highest BCUT2D eigenvalue weighted by atomic mass is 19.1. The van der Waals surface area contributed by atoms with Gasteiger partial charge in [-0.25, -0.2) is 9.37 Å². The number of hydrogen-bond acceptors (Lipinski definition) is 5. The van der Waals surface area contributed by atoms with E-state index in [9.17, 15) is 4.39 Å². The minimum absolute atomic E-state index is 0.100. The summed E-state index contributed by atoms with van der Waals surface area (Å²) in [6.07, 6.45) is 5.44. The van der Waals surface area contributed by atoms with E-state index < -0.39 is 0 Å². The Bertz CT molecular complexity index is 818. The average molecular weight is 342 g/mol. The Labute approximate surface area is 144 Å². The quantitative estimate of drug-likeness (QED) is 0.713. The van der Waals surface area contributed by atoms with Crippen LogP contribution in [0.4, 0.5) is 4.39 Å². The first-order valence-electron chi connectivity index (χ1n) is 8.28. The molecule has 0 spiro atoms. The molecule has 1 fully saturated rings. The predicted molar refractivity (Wildman–Crippen MR) is 89.1 cm³/mol. The van der Waals surface area contributed by atoms with E-state index in [1.807, 2.05) is 16.9 Å². The number of benzene rings is 1. The van der Waals surface area contributed by atoms with Crippen molar-refractivity contribution in [1.29, 1.82) is 0 Å². The van der Waals surface area contributed by atoms with E-state index in [4.69, 9.17) is 9.15 Å². The molecule has 0 unspecified atom stereocenters. The number of hydrogen-bond donors (Lipinski definition) is 0. The number of rotatable bonds is 5. The average Bonchev–Trinajstić information content (AvgIpc) is 3.27. The summed E-state index contributed by atoms with van der Waals surface area (Å²) in [6, 6.07) is 8.17. The van der Waals surface area contributed by atoms with E-state index in [0.29, 0.717) is 24.6 Å². The fourth-order valence-electron chi connectivity index (χ4n) is 3.01. The van der Waals surface area contributed by atoms with Crippen molar-refractivity contribution in [2.45, 2.75) is 19.2 Å². The van der Waals surface area contributed by atoms with Crippen LogP contribution in [0.2, 0.25) is 0 Å². The second-order valence-corrected chi connectivity index (χ2v) is 6.11. The molecular formula is C18H19FN4O2. The zero-order valence-electron chi connectivity index (χ0n) is 13.7. The number of morpholine rings is 1. The van der Waals surface area contributed by atoms with Gasteiger partial charge in [-0.05, 0) is 24.3 Å². The minimum atomic E-state index is -0.299. The third-order valence-corrected chi connectivity index (χ3v) is 4.18. The molecule has 1 aromatic carbocycles. The third kappa shape index (κ3) is 3.94. The van der Waals surface area contributed by atoms with Gasteiger partial charge in [0.2, 0.25) is 5.89 Å². The molecule has 0 saturated carbocycles. The van der Waals surface area contributed by atoms with Crippen LogP contribution >= 0.6 is 0 Å². The molecule has 7 heteroatoms. The van der Waals surface area contributed by atoms with Crippen LogP contribution in [0.3, 0.4) is 0 Å². The van der Waals surface area contributed by atoms with Gasteiger partial charge in [0, 0.05) is 37.6 Å². The summed E-state index contributed by atoms with van der Waals surface area (Å²) >= 11 is 0. The summed E-state index contributed by atoms with van der Waals surface area (Å²) in [5.41, 5.74) is 1.48. The normalized spacial score (nSPS) is 18.5. The smallest absolute Gasteiger partial charge is 0.226 e. The lowest BCUT2D eigenvalue weighted by Crippen LogP contribution is -2.43. The van der Waals surface area contributed by atoms with Gasteiger partial charge < -0.3 is 9.15 Å². The largest absolute Gasteiger partial charge is 0.444 e. The summed E-state index contributed by atoms with van der Waals surface area (Å²) in [6.45, 7) is 3.75. The van der Waals surface area contributed by atoms with Gasteiger partial charge in [-0.2, -0.15) is 5.10 Å². The third-order valence-electron chi connectivity index (χ3n) is 4.18. The number of oxazole rings is 1. The molecule has 1 atom stereocenters. The van der Waals surface area contributed by atoms with Gasteiger partial charge in [0.05, 0.1) is 24.9 Å². The van der Waals surface area contributed by atoms with E-state index in [1.165, 1.54) is 12.1 Å². The molecule has 3 aromatic rings. The zero-order chi connectivity index (χ0) is 17.1. The topological polar surface area (TPSA) is 56.3 Å². The van der Waals surface area contributed by atoms with Gasteiger partial charge in [0.1, 0.15) is 12.1 Å². The van der Waals surface area contributed by atoms with Gasteiger partial charge in [-0.3, -0.25) is 9.58 Å². The van der Waals surface area contributed by atoms with Gasteiger partial charge in [-0.1, -0.05) is 6.07 Å². The Morgan fingerprint density at radius 2 is 2.24 bits per heavy atom. The maximum atomic E-state index is 13.3. The van der Waals surface area contributed by atoms with Crippen molar-refractivity contribution < 1.29 is 13.5 Å². The molecule has 25 heavy (non-hydrogen) atoms. The molecule has 0 radical (unpaired) electrons. The molecule has 0 aliphatic carbocycles. The number of ether oxygens (including phenoxy) is 1. The second kappa shape index (κ2) is 7.16. The first-order valence-corrected chi connectivity index (χ1v) is 8.28. The van der Waals surface area contributed by atoms with Gasteiger partial charge in [0.15, 0.2) is 0 Å². The van der Waals surface area contributed by atoms with E-state index in [0.717, 1.165) is 25.3 Å². The fourth-order valence-corrected chi connectivity index (χ4v) is 3.01. The van der Waals surface area contributed by atoms with Crippen molar-refractivity contribution in [3.05, 3.63) is 60.5 Å². The highest BCUT2D eigenvalue weighted by molar-refractivity contribution is 5.52. The van der Waals surface area contributed by atoms with Crippen molar-refractivity contribution in [3.8, 4) is 11.5 Å². The number of halogens is 1. The van der Waals surface area contributed by atoms with Crippen molar-refractivity contribution in [1.82, 2.24) is 19.7 Å². The molecule has 0 bridgehead atoms. The Hall–Kier alpha value is -2.51. The molecule has 6 nitrogen and oxygen atoms in total. The highest BCUT2D eigenvalue weighted by Gasteiger charge is 2.22. The first-order chi connectivity index (χ1) is 12.3. The predicted octanol–water partition coefficient (Wildman–Crippen LogP) is 2.58. The maximum absolute atomic E-state index is 13.3. The van der Waals surface area contributed by atoms with Crippen molar-refractivity contribution in [2.24, 2.45) is 0 Å². The molecule has 1 saturated heterocycles. The highest BCUT2D eigenvalue weighted by Crippen LogP contribution is 2.20. The first kappa shape index (κ1) is 16.0. The Morgan fingerprint density at radius 1 is 1.28 bits per heavy atom. The van der Waals surface area contributed by atoms with Gasteiger partial charge >= 0.3 is 0 Å². The zero-order valence-corrected chi connectivity index (χ0v) is 13.7. The maximum Gasteiger partial charge on any atom is 0.226 e. The van der Waals surface area contributed by atoms with Crippen LogP contribution in [0.5, 0.6) is 0 Å². The van der Waals surface area contributed by atoms with Crippen LogP contribution in [0.25, 0.3) is 11.5 Å². The van der Waals surface area contributed by atoms with E-state index in [-0.39, 0.29) is 11.9 Å². The van der Waals surface area contributed by atoms with Crippen LogP contribution in [-0.4, -0.2) is 45.5 Å². The summed E-state index contributed by atoms with van der Waals surface area (Å²) in [5.74, 6) is 0.141.